The van der Waals surface area contributed by atoms with Crippen molar-refractivity contribution in [3.8, 4) is 0 Å². The standard InChI is InChI=1S/C9H11N3O/c1-6-3-4-10-8-7(6)5-12(2)9(13)11-8/h3-4H,5H2,1-2H3,(H,10,11,13). The number of rotatable bonds is 0. The maximum atomic E-state index is 11.2. The monoisotopic (exact) mass is 177 g/mol. The minimum absolute atomic E-state index is 0.0920. The number of urea groups is 1. The second-order valence-electron chi connectivity index (χ2n) is 3.24. The van der Waals surface area contributed by atoms with Gasteiger partial charge >= 0.3 is 6.03 Å². The Labute approximate surface area is 76.6 Å². The highest BCUT2D eigenvalue weighted by atomic mass is 16.2. The summed E-state index contributed by atoms with van der Waals surface area (Å²) in [6.45, 7) is 2.66. The number of amides is 2. The van der Waals surface area contributed by atoms with Gasteiger partial charge in [-0.25, -0.2) is 9.78 Å². The number of anilines is 1. The van der Waals surface area contributed by atoms with Gasteiger partial charge in [-0.2, -0.15) is 0 Å². The van der Waals surface area contributed by atoms with Crippen molar-refractivity contribution in [2.45, 2.75) is 13.5 Å². The first kappa shape index (κ1) is 8.04. The number of nitrogens with one attached hydrogen (secondary N) is 1. The molecule has 0 fully saturated rings. The predicted octanol–water partition coefficient (Wildman–Crippen LogP) is 1.37. The number of aromatic nitrogens is 1. The van der Waals surface area contributed by atoms with E-state index < -0.39 is 0 Å². The molecule has 0 bridgehead atoms. The maximum absolute atomic E-state index is 11.2. The number of nitrogens with zero attached hydrogens (tertiary/aromatic N) is 2. The minimum atomic E-state index is -0.0920. The van der Waals surface area contributed by atoms with Crippen molar-refractivity contribution in [3.63, 3.8) is 0 Å². The van der Waals surface area contributed by atoms with E-state index in [1.807, 2.05) is 13.0 Å². The van der Waals surface area contributed by atoms with Crippen molar-refractivity contribution >= 4 is 11.8 Å². The van der Waals surface area contributed by atoms with E-state index in [4.69, 9.17) is 0 Å². The number of fused-ring (bicyclic) bond motifs is 1. The highest BCUT2D eigenvalue weighted by molar-refractivity contribution is 5.91. The first-order valence-electron chi connectivity index (χ1n) is 4.15. The van der Waals surface area contributed by atoms with E-state index in [-0.39, 0.29) is 6.03 Å². The van der Waals surface area contributed by atoms with Crippen molar-refractivity contribution in [1.82, 2.24) is 9.88 Å². The summed E-state index contributed by atoms with van der Waals surface area (Å²) in [5, 5.41) is 2.73. The fourth-order valence-corrected chi connectivity index (χ4v) is 1.40. The molecular weight excluding hydrogens is 166 g/mol. The van der Waals surface area contributed by atoms with Crippen LogP contribution >= 0.6 is 0 Å². The van der Waals surface area contributed by atoms with Gasteiger partial charge in [-0.3, -0.25) is 5.32 Å². The van der Waals surface area contributed by atoms with E-state index in [0.29, 0.717) is 12.4 Å². The molecule has 1 aliphatic rings. The Bertz CT molecular complexity index is 362. The number of carbonyl (C=O) groups excluding carboxylic acids is 1. The Balaban J connectivity index is 2.48. The Morgan fingerprint density at radius 1 is 1.62 bits per heavy atom. The van der Waals surface area contributed by atoms with Crippen LogP contribution in [0.4, 0.5) is 10.6 Å². The molecule has 1 N–H and O–H groups in total. The third-order valence-corrected chi connectivity index (χ3v) is 2.26. The highest BCUT2D eigenvalue weighted by Gasteiger charge is 2.20. The highest BCUT2D eigenvalue weighted by Crippen LogP contribution is 2.22. The van der Waals surface area contributed by atoms with Crippen LogP contribution in [0.25, 0.3) is 0 Å². The zero-order valence-corrected chi connectivity index (χ0v) is 7.66. The van der Waals surface area contributed by atoms with Gasteiger partial charge in [0.2, 0.25) is 0 Å². The van der Waals surface area contributed by atoms with Gasteiger partial charge in [0.25, 0.3) is 0 Å². The summed E-state index contributed by atoms with van der Waals surface area (Å²) in [4.78, 5) is 17.0. The van der Waals surface area contributed by atoms with E-state index in [9.17, 15) is 4.79 Å². The fourth-order valence-electron chi connectivity index (χ4n) is 1.40. The van der Waals surface area contributed by atoms with Crippen molar-refractivity contribution in [3.05, 3.63) is 23.4 Å². The lowest BCUT2D eigenvalue weighted by atomic mass is 10.1. The van der Waals surface area contributed by atoms with Gasteiger partial charge in [0.1, 0.15) is 5.82 Å². The largest absolute Gasteiger partial charge is 0.323 e. The van der Waals surface area contributed by atoms with Crippen molar-refractivity contribution < 1.29 is 4.79 Å². The number of hydrogen-bond acceptors (Lipinski definition) is 2. The summed E-state index contributed by atoms with van der Waals surface area (Å²) < 4.78 is 0. The summed E-state index contributed by atoms with van der Waals surface area (Å²) in [5.74, 6) is 0.697. The molecule has 13 heavy (non-hydrogen) atoms. The lowest BCUT2D eigenvalue weighted by molar-refractivity contribution is 0.218. The van der Waals surface area contributed by atoms with Gasteiger partial charge in [0.15, 0.2) is 0 Å². The first-order chi connectivity index (χ1) is 6.18. The first-order valence-corrected chi connectivity index (χ1v) is 4.15. The van der Waals surface area contributed by atoms with Crippen molar-refractivity contribution in [2.75, 3.05) is 12.4 Å². The van der Waals surface area contributed by atoms with Crippen molar-refractivity contribution in [1.29, 1.82) is 0 Å². The number of carbonyl (C=O) groups is 1. The van der Waals surface area contributed by atoms with Gasteiger partial charge in [0, 0.05) is 18.8 Å². The summed E-state index contributed by atoms with van der Waals surface area (Å²) in [5.41, 5.74) is 2.27. The molecule has 0 unspecified atom stereocenters. The fraction of sp³-hybridized carbons (Fsp3) is 0.333. The zero-order chi connectivity index (χ0) is 9.42. The molecule has 2 rings (SSSR count). The minimum Gasteiger partial charge on any atom is -0.323 e. The molecule has 4 heteroatoms. The van der Waals surface area contributed by atoms with Crippen LogP contribution in [0, 0.1) is 6.92 Å². The molecular formula is C9H11N3O. The molecule has 1 aliphatic heterocycles. The smallest absolute Gasteiger partial charge is 0.323 e. The molecule has 2 heterocycles. The summed E-state index contributed by atoms with van der Waals surface area (Å²) in [7, 11) is 1.77. The molecule has 0 saturated heterocycles. The van der Waals surface area contributed by atoms with Gasteiger partial charge in [-0.1, -0.05) is 0 Å². The number of hydrogen-bond donors (Lipinski definition) is 1. The molecule has 1 aromatic rings. The summed E-state index contributed by atoms with van der Waals surface area (Å²) in [6, 6.07) is 1.86. The Kier molecular flexibility index (Phi) is 1.69. The van der Waals surface area contributed by atoms with E-state index in [0.717, 1.165) is 11.1 Å². The summed E-state index contributed by atoms with van der Waals surface area (Å²) >= 11 is 0. The van der Waals surface area contributed by atoms with Crippen LogP contribution in [-0.4, -0.2) is 23.0 Å². The van der Waals surface area contributed by atoms with Crippen LogP contribution in [0.1, 0.15) is 11.1 Å². The molecule has 1 aromatic heterocycles. The van der Waals surface area contributed by atoms with E-state index in [2.05, 4.69) is 10.3 Å². The van der Waals surface area contributed by atoms with E-state index >= 15 is 0 Å². The molecule has 2 amide bonds. The van der Waals surface area contributed by atoms with Crippen LogP contribution < -0.4 is 5.32 Å². The predicted molar refractivity (Wildman–Crippen MR) is 49.5 cm³/mol. The maximum Gasteiger partial charge on any atom is 0.323 e. The SMILES string of the molecule is Cc1ccnc2c1CN(C)C(=O)N2. The number of aryl methyl sites for hydroxylation is 1. The second-order valence-corrected chi connectivity index (χ2v) is 3.24. The van der Waals surface area contributed by atoms with Crippen LogP contribution in [0.15, 0.2) is 12.3 Å². The lowest BCUT2D eigenvalue weighted by Crippen LogP contribution is -2.36. The topological polar surface area (TPSA) is 45.2 Å². The van der Waals surface area contributed by atoms with Gasteiger partial charge < -0.3 is 4.90 Å². The van der Waals surface area contributed by atoms with Crippen LogP contribution in [0.3, 0.4) is 0 Å². The molecule has 0 aromatic carbocycles. The van der Waals surface area contributed by atoms with E-state index in [1.165, 1.54) is 0 Å². The normalized spacial score (nSPS) is 15.2. The zero-order valence-electron chi connectivity index (χ0n) is 7.66. The third kappa shape index (κ3) is 1.24. The molecule has 0 atom stereocenters. The second kappa shape index (κ2) is 2.73. The Morgan fingerprint density at radius 3 is 3.15 bits per heavy atom. The average Bonchev–Trinajstić information content (AvgIpc) is 2.09. The lowest BCUT2D eigenvalue weighted by Gasteiger charge is -2.25. The summed E-state index contributed by atoms with van der Waals surface area (Å²) in [6.07, 6.45) is 1.71. The number of pyridine rings is 1. The van der Waals surface area contributed by atoms with E-state index in [1.54, 1.807) is 18.1 Å². The van der Waals surface area contributed by atoms with Gasteiger partial charge in [-0.15, -0.1) is 0 Å². The van der Waals surface area contributed by atoms with Crippen LogP contribution in [-0.2, 0) is 6.54 Å². The van der Waals surface area contributed by atoms with Crippen LogP contribution in [0.2, 0.25) is 0 Å². The van der Waals surface area contributed by atoms with Crippen LogP contribution in [0.5, 0.6) is 0 Å². The van der Waals surface area contributed by atoms with Gasteiger partial charge in [0.05, 0.1) is 6.54 Å². The molecule has 0 spiro atoms. The quantitative estimate of drug-likeness (QED) is 0.650. The molecule has 4 nitrogen and oxygen atoms in total. The van der Waals surface area contributed by atoms with Crippen molar-refractivity contribution in [2.24, 2.45) is 0 Å². The van der Waals surface area contributed by atoms with Gasteiger partial charge in [-0.05, 0) is 18.6 Å². The third-order valence-electron chi connectivity index (χ3n) is 2.26. The molecule has 0 radical (unpaired) electrons. The Morgan fingerprint density at radius 2 is 2.38 bits per heavy atom. The molecule has 0 aliphatic carbocycles. The Hall–Kier alpha value is -1.58. The molecule has 68 valence electrons. The molecule has 0 saturated carbocycles. The average molecular weight is 177 g/mol.